The molecule has 98 valence electrons. The Labute approximate surface area is 105 Å². The van der Waals surface area contributed by atoms with Gasteiger partial charge in [0.1, 0.15) is 0 Å². The van der Waals surface area contributed by atoms with Crippen molar-refractivity contribution in [3.05, 3.63) is 0 Å². The van der Waals surface area contributed by atoms with Gasteiger partial charge < -0.3 is 5.32 Å². The molecule has 0 aromatic carbocycles. The quantitative estimate of drug-likeness (QED) is 0.818. The first-order valence-corrected chi connectivity index (χ1v) is 7.36. The number of rotatable bonds is 3. The molecule has 1 amide bonds. The van der Waals surface area contributed by atoms with Crippen LogP contribution in [0, 0.1) is 0 Å². The van der Waals surface area contributed by atoms with E-state index in [0.717, 1.165) is 13.1 Å². The summed E-state index contributed by atoms with van der Waals surface area (Å²) in [6.45, 7) is 2.84. The Morgan fingerprint density at radius 1 is 0.941 bits per heavy atom. The zero-order chi connectivity index (χ0) is 11.9. The summed E-state index contributed by atoms with van der Waals surface area (Å²) in [5.41, 5.74) is 0. The van der Waals surface area contributed by atoms with Gasteiger partial charge in [0.15, 0.2) is 0 Å². The maximum atomic E-state index is 11.9. The second kappa shape index (κ2) is 7.00. The van der Waals surface area contributed by atoms with Gasteiger partial charge in [-0.05, 0) is 38.8 Å². The average molecular weight is 238 g/mol. The van der Waals surface area contributed by atoms with E-state index in [0.29, 0.717) is 12.6 Å². The molecule has 1 N–H and O–H groups in total. The van der Waals surface area contributed by atoms with E-state index in [2.05, 4.69) is 10.2 Å². The minimum Gasteiger partial charge on any atom is -0.352 e. The Kier molecular flexibility index (Phi) is 5.30. The van der Waals surface area contributed by atoms with Gasteiger partial charge >= 0.3 is 0 Å². The molecule has 2 rings (SSSR count). The molecule has 0 unspecified atom stereocenters. The molecule has 3 heteroatoms. The van der Waals surface area contributed by atoms with Gasteiger partial charge in [0.25, 0.3) is 0 Å². The largest absolute Gasteiger partial charge is 0.352 e. The van der Waals surface area contributed by atoms with E-state index in [1.54, 1.807) is 0 Å². The van der Waals surface area contributed by atoms with Gasteiger partial charge in [0.2, 0.25) is 5.91 Å². The van der Waals surface area contributed by atoms with Crippen molar-refractivity contribution in [3.63, 3.8) is 0 Å². The van der Waals surface area contributed by atoms with Crippen molar-refractivity contribution >= 4 is 5.91 Å². The molecule has 1 saturated carbocycles. The monoisotopic (exact) mass is 238 g/mol. The van der Waals surface area contributed by atoms with Crippen LogP contribution in [-0.4, -0.2) is 36.5 Å². The van der Waals surface area contributed by atoms with Gasteiger partial charge in [0.05, 0.1) is 6.54 Å². The van der Waals surface area contributed by atoms with Crippen LogP contribution in [0.25, 0.3) is 0 Å². The summed E-state index contributed by atoms with van der Waals surface area (Å²) < 4.78 is 0. The summed E-state index contributed by atoms with van der Waals surface area (Å²) >= 11 is 0. The number of likely N-dealkylation sites (tertiary alicyclic amines) is 1. The first-order chi connectivity index (χ1) is 8.34. The predicted molar refractivity (Wildman–Crippen MR) is 69.9 cm³/mol. The zero-order valence-electron chi connectivity index (χ0n) is 10.9. The van der Waals surface area contributed by atoms with Crippen molar-refractivity contribution in [2.45, 2.75) is 63.8 Å². The lowest BCUT2D eigenvalue weighted by molar-refractivity contribution is -0.123. The highest BCUT2D eigenvalue weighted by molar-refractivity contribution is 5.78. The first kappa shape index (κ1) is 12.9. The fourth-order valence-corrected chi connectivity index (χ4v) is 3.02. The van der Waals surface area contributed by atoms with Crippen LogP contribution >= 0.6 is 0 Å². The number of nitrogens with zero attached hydrogens (tertiary/aromatic N) is 1. The Balaban J connectivity index is 1.68. The highest BCUT2D eigenvalue weighted by Crippen LogP contribution is 2.17. The van der Waals surface area contributed by atoms with E-state index in [1.165, 1.54) is 57.8 Å². The fourth-order valence-electron chi connectivity index (χ4n) is 3.02. The van der Waals surface area contributed by atoms with Crippen molar-refractivity contribution in [3.8, 4) is 0 Å². The average Bonchev–Trinajstić information content (AvgIpc) is 2.59. The van der Waals surface area contributed by atoms with Crippen LogP contribution < -0.4 is 5.32 Å². The van der Waals surface area contributed by atoms with Crippen molar-refractivity contribution < 1.29 is 4.79 Å². The molecular formula is C14H26N2O. The first-order valence-electron chi connectivity index (χ1n) is 7.36. The molecule has 1 aliphatic carbocycles. The minimum atomic E-state index is 0.249. The molecule has 1 saturated heterocycles. The van der Waals surface area contributed by atoms with Crippen molar-refractivity contribution in [1.29, 1.82) is 0 Å². The summed E-state index contributed by atoms with van der Waals surface area (Å²) in [6, 6.07) is 0.461. The second-order valence-electron chi connectivity index (χ2n) is 5.59. The normalized spacial score (nSPS) is 24.2. The number of carbonyl (C=O) groups is 1. The maximum Gasteiger partial charge on any atom is 0.234 e. The zero-order valence-corrected chi connectivity index (χ0v) is 10.9. The topological polar surface area (TPSA) is 32.3 Å². The number of amides is 1. The Bertz CT molecular complexity index is 228. The van der Waals surface area contributed by atoms with Crippen molar-refractivity contribution in [2.75, 3.05) is 19.6 Å². The van der Waals surface area contributed by atoms with Crippen molar-refractivity contribution in [2.24, 2.45) is 0 Å². The molecule has 1 aliphatic heterocycles. The van der Waals surface area contributed by atoms with E-state index in [9.17, 15) is 4.79 Å². The van der Waals surface area contributed by atoms with Crippen LogP contribution in [0.15, 0.2) is 0 Å². The third-order valence-electron chi connectivity index (χ3n) is 4.04. The van der Waals surface area contributed by atoms with Crippen LogP contribution in [0.5, 0.6) is 0 Å². The van der Waals surface area contributed by atoms with Gasteiger partial charge in [-0.1, -0.05) is 32.1 Å². The van der Waals surface area contributed by atoms with Crippen LogP contribution in [0.2, 0.25) is 0 Å². The molecule has 2 fully saturated rings. The summed E-state index contributed by atoms with van der Waals surface area (Å²) in [4.78, 5) is 14.3. The molecule has 0 radical (unpaired) electrons. The molecule has 17 heavy (non-hydrogen) atoms. The molecule has 0 spiro atoms. The van der Waals surface area contributed by atoms with Crippen molar-refractivity contribution in [1.82, 2.24) is 10.2 Å². The van der Waals surface area contributed by atoms with Gasteiger partial charge in [-0.2, -0.15) is 0 Å². The van der Waals surface area contributed by atoms with E-state index in [1.807, 2.05) is 0 Å². The molecule has 2 aliphatic rings. The smallest absolute Gasteiger partial charge is 0.234 e. The molecule has 0 aromatic rings. The number of carbonyl (C=O) groups excluding carboxylic acids is 1. The highest BCUT2D eigenvalue weighted by Gasteiger charge is 2.18. The Morgan fingerprint density at radius 3 is 2.18 bits per heavy atom. The predicted octanol–water partition coefficient (Wildman–Crippen LogP) is 2.31. The van der Waals surface area contributed by atoms with Gasteiger partial charge in [-0.15, -0.1) is 0 Å². The van der Waals surface area contributed by atoms with Gasteiger partial charge in [0, 0.05) is 6.04 Å². The Hall–Kier alpha value is -0.570. The molecule has 0 aromatic heterocycles. The van der Waals surface area contributed by atoms with Gasteiger partial charge in [-0.25, -0.2) is 0 Å². The SMILES string of the molecule is O=C(CN1CCCCCC1)NC1CCCCC1. The van der Waals surface area contributed by atoms with E-state index >= 15 is 0 Å². The minimum absolute atomic E-state index is 0.249. The second-order valence-corrected chi connectivity index (χ2v) is 5.59. The van der Waals surface area contributed by atoms with E-state index < -0.39 is 0 Å². The maximum absolute atomic E-state index is 11.9. The van der Waals surface area contributed by atoms with Crippen LogP contribution in [0.3, 0.4) is 0 Å². The summed E-state index contributed by atoms with van der Waals surface area (Å²) in [5, 5.41) is 3.21. The summed E-state index contributed by atoms with van der Waals surface area (Å²) in [5.74, 6) is 0.249. The third-order valence-corrected chi connectivity index (χ3v) is 4.04. The summed E-state index contributed by atoms with van der Waals surface area (Å²) in [7, 11) is 0. The molecule has 1 heterocycles. The third kappa shape index (κ3) is 4.66. The molecule has 3 nitrogen and oxygen atoms in total. The standard InChI is InChI=1S/C14H26N2O/c17-14(15-13-8-4-3-5-9-13)12-16-10-6-1-2-7-11-16/h13H,1-12H2,(H,15,17). The number of nitrogens with one attached hydrogen (secondary N) is 1. The van der Waals surface area contributed by atoms with Crippen LogP contribution in [0.1, 0.15) is 57.8 Å². The molecular weight excluding hydrogens is 212 g/mol. The Morgan fingerprint density at radius 2 is 1.53 bits per heavy atom. The highest BCUT2D eigenvalue weighted by atomic mass is 16.2. The fraction of sp³-hybridized carbons (Fsp3) is 0.929. The molecule has 0 atom stereocenters. The lowest BCUT2D eigenvalue weighted by atomic mass is 9.95. The van der Waals surface area contributed by atoms with Crippen LogP contribution in [0.4, 0.5) is 0 Å². The molecule has 0 bridgehead atoms. The summed E-state index contributed by atoms with van der Waals surface area (Å²) in [6.07, 6.45) is 11.5. The lowest BCUT2D eigenvalue weighted by Gasteiger charge is -2.25. The number of hydrogen-bond donors (Lipinski definition) is 1. The van der Waals surface area contributed by atoms with Gasteiger partial charge in [-0.3, -0.25) is 9.69 Å². The van der Waals surface area contributed by atoms with Crippen LogP contribution in [-0.2, 0) is 4.79 Å². The number of hydrogen-bond acceptors (Lipinski definition) is 2. The van der Waals surface area contributed by atoms with E-state index in [4.69, 9.17) is 0 Å². The van der Waals surface area contributed by atoms with E-state index in [-0.39, 0.29) is 5.91 Å². The lowest BCUT2D eigenvalue weighted by Crippen LogP contribution is -2.43.